The number of carbonyl (C=O) groups excluding carboxylic acids is 2. The summed E-state index contributed by atoms with van der Waals surface area (Å²) in [5, 5.41) is 0. The summed E-state index contributed by atoms with van der Waals surface area (Å²) in [5.74, 6) is 0.822. The van der Waals surface area contributed by atoms with Crippen molar-refractivity contribution in [2.45, 2.75) is 50.7 Å². The van der Waals surface area contributed by atoms with Crippen molar-refractivity contribution in [1.29, 1.82) is 0 Å². The Bertz CT molecular complexity index is 1150. The lowest BCUT2D eigenvalue weighted by Gasteiger charge is -2.58. The van der Waals surface area contributed by atoms with E-state index in [1.165, 1.54) is 0 Å². The molecule has 170 valence electrons. The molecule has 4 bridgehead atoms. The van der Waals surface area contributed by atoms with Crippen LogP contribution in [0.2, 0.25) is 0 Å². The molecule has 2 heterocycles. The molecule has 5 aliphatic rings. The van der Waals surface area contributed by atoms with E-state index in [9.17, 15) is 14.4 Å². The zero-order valence-corrected chi connectivity index (χ0v) is 18.4. The molecule has 4 saturated carbocycles. The number of likely N-dealkylation sites (tertiary alicyclic amines) is 1. The maximum atomic E-state index is 13.1. The van der Waals surface area contributed by atoms with Gasteiger partial charge in [-0.3, -0.25) is 13.9 Å². The zero-order valence-electron chi connectivity index (χ0n) is 18.4. The summed E-state index contributed by atoms with van der Waals surface area (Å²) < 4.78 is 9.57. The molecule has 7 rings (SSSR count). The molecule has 0 spiro atoms. The van der Waals surface area contributed by atoms with E-state index in [1.54, 1.807) is 16.5 Å². The molecular formula is C24H30N4O4. The minimum atomic E-state index is -0.381. The van der Waals surface area contributed by atoms with Gasteiger partial charge in [0.25, 0.3) is 0 Å². The first kappa shape index (κ1) is 19.9. The van der Waals surface area contributed by atoms with Crippen LogP contribution >= 0.6 is 0 Å². The van der Waals surface area contributed by atoms with E-state index in [2.05, 4.69) is 0 Å². The molecule has 1 aromatic carbocycles. The van der Waals surface area contributed by atoms with Crippen LogP contribution in [0.4, 0.5) is 4.79 Å². The van der Waals surface area contributed by atoms with Gasteiger partial charge in [0.2, 0.25) is 5.91 Å². The van der Waals surface area contributed by atoms with Crippen molar-refractivity contribution < 1.29 is 14.3 Å². The van der Waals surface area contributed by atoms with Crippen molar-refractivity contribution >= 4 is 23.0 Å². The van der Waals surface area contributed by atoms with Crippen LogP contribution in [-0.2, 0) is 16.6 Å². The average Bonchev–Trinajstić information content (AvgIpc) is 3.34. The number of hydrogen-bond acceptors (Lipinski definition) is 4. The molecule has 4 aliphatic carbocycles. The largest absolute Gasteiger partial charge is 0.446 e. The van der Waals surface area contributed by atoms with Gasteiger partial charge in [0, 0.05) is 20.1 Å². The summed E-state index contributed by atoms with van der Waals surface area (Å²) in [6.45, 7) is 1.05. The van der Waals surface area contributed by atoms with E-state index >= 15 is 0 Å². The van der Waals surface area contributed by atoms with Gasteiger partial charge in [-0.25, -0.2) is 9.59 Å². The monoisotopic (exact) mass is 438 g/mol. The van der Waals surface area contributed by atoms with Gasteiger partial charge in [0.05, 0.1) is 22.5 Å². The number of carbonyl (C=O) groups is 2. The summed E-state index contributed by atoms with van der Waals surface area (Å²) in [7, 11) is 1.79. The van der Waals surface area contributed by atoms with Gasteiger partial charge in [-0.05, 0) is 68.4 Å². The quantitative estimate of drug-likeness (QED) is 0.795. The van der Waals surface area contributed by atoms with Gasteiger partial charge in [0.1, 0.15) is 6.10 Å². The van der Waals surface area contributed by atoms with Crippen LogP contribution in [0.15, 0.2) is 29.1 Å². The molecule has 1 saturated heterocycles. The molecule has 2 N–H and O–H groups in total. The van der Waals surface area contributed by atoms with Crippen LogP contribution < -0.4 is 11.4 Å². The number of para-hydroxylation sites is 2. The second kappa shape index (κ2) is 6.86. The summed E-state index contributed by atoms with van der Waals surface area (Å²) >= 11 is 0. The van der Waals surface area contributed by atoms with E-state index in [0.29, 0.717) is 19.0 Å². The molecule has 5 fully saturated rings. The normalized spacial score (nSPS) is 35.5. The Labute approximate surface area is 186 Å². The van der Waals surface area contributed by atoms with Crippen molar-refractivity contribution in [3.05, 3.63) is 34.7 Å². The number of amides is 2. The van der Waals surface area contributed by atoms with Crippen molar-refractivity contribution in [3.63, 3.8) is 0 Å². The minimum absolute atomic E-state index is 0.0517. The van der Waals surface area contributed by atoms with E-state index in [-0.39, 0.29) is 47.1 Å². The number of aryl methyl sites for hydroxylation is 1. The number of nitrogens with zero attached hydrogens (tertiary/aromatic N) is 3. The van der Waals surface area contributed by atoms with Crippen LogP contribution in [-0.4, -0.2) is 45.2 Å². The van der Waals surface area contributed by atoms with Gasteiger partial charge >= 0.3 is 11.8 Å². The highest BCUT2D eigenvalue weighted by Crippen LogP contribution is 2.60. The number of ether oxygens (including phenoxy) is 1. The van der Waals surface area contributed by atoms with Gasteiger partial charge in [-0.1, -0.05) is 12.1 Å². The van der Waals surface area contributed by atoms with E-state index in [4.69, 9.17) is 10.5 Å². The first-order valence-corrected chi connectivity index (χ1v) is 11.8. The number of aromatic nitrogens is 2. The third-order valence-electron chi connectivity index (χ3n) is 8.73. The van der Waals surface area contributed by atoms with Crippen LogP contribution in [0, 0.1) is 23.2 Å². The van der Waals surface area contributed by atoms with Gasteiger partial charge < -0.3 is 15.4 Å². The molecule has 1 aliphatic heterocycles. The number of benzene rings is 1. The Kier molecular flexibility index (Phi) is 4.26. The highest BCUT2D eigenvalue weighted by atomic mass is 16.6. The summed E-state index contributed by atoms with van der Waals surface area (Å²) in [5.41, 5.74) is 7.14. The van der Waals surface area contributed by atoms with Gasteiger partial charge in [-0.2, -0.15) is 0 Å². The number of primary amides is 1. The Morgan fingerprint density at radius 1 is 1.09 bits per heavy atom. The second-order valence-corrected chi connectivity index (χ2v) is 10.6. The molecule has 2 amide bonds. The third-order valence-corrected chi connectivity index (χ3v) is 8.73. The van der Waals surface area contributed by atoms with Crippen molar-refractivity contribution in [2.75, 3.05) is 13.1 Å². The van der Waals surface area contributed by atoms with Crippen LogP contribution in [0.5, 0.6) is 0 Å². The fourth-order valence-electron chi connectivity index (χ4n) is 7.45. The van der Waals surface area contributed by atoms with Gasteiger partial charge in [-0.15, -0.1) is 0 Å². The SMILES string of the molecule is Cn1c(=O)n(C2CCN(C(=O)OC3C4CC5C[C@@H]3CC(C(N)=O)(C5)C4)C2)c2ccccc21. The third kappa shape index (κ3) is 2.77. The predicted molar refractivity (Wildman–Crippen MR) is 118 cm³/mol. The molecule has 8 heteroatoms. The Balaban J connectivity index is 1.17. The minimum Gasteiger partial charge on any atom is -0.446 e. The highest BCUT2D eigenvalue weighted by Gasteiger charge is 2.59. The number of rotatable bonds is 3. The lowest BCUT2D eigenvalue weighted by Crippen LogP contribution is -2.59. The second-order valence-electron chi connectivity index (χ2n) is 10.6. The fourth-order valence-corrected chi connectivity index (χ4v) is 7.45. The maximum Gasteiger partial charge on any atom is 0.410 e. The standard InChI is InChI=1S/C24H30N4O4/c1-26-18-4-2-3-5-19(18)28(22(26)30)17-6-7-27(13-17)23(31)32-20-15-8-14-9-16(20)12-24(10-14,11-15)21(25)29/h2-5,14-17,20H,6-13H2,1H3,(H2,25,29)/t14?,15-,16?,17?,20?,24?/m1/s1. The van der Waals surface area contributed by atoms with Crippen molar-refractivity contribution in [1.82, 2.24) is 14.0 Å². The smallest absolute Gasteiger partial charge is 0.410 e. The van der Waals surface area contributed by atoms with Crippen molar-refractivity contribution in [2.24, 2.45) is 36.0 Å². The molecule has 2 aromatic rings. The summed E-state index contributed by atoms with van der Waals surface area (Å²) in [6, 6.07) is 7.71. The predicted octanol–water partition coefficient (Wildman–Crippen LogP) is 2.40. The fraction of sp³-hybridized carbons (Fsp3) is 0.625. The van der Waals surface area contributed by atoms with E-state index in [1.807, 2.05) is 28.8 Å². The first-order chi connectivity index (χ1) is 15.4. The molecule has 6 atom stereocenters. The Morgan fingerprint density at radius 2 is 1.78 bits per heavy atom. The first-order valence-electron chi connectivity index (χ1n) is 11.8. The Hall–Kier alpha value is -2.77. The Morgan fingerprint density at radius 3 is 2.47 bits per heavy atom. The summed E-state index contributed by atoms with van der Waals surface area (Å²) in [4.78, 5) is 39.9. The van der Waals surface area contributed by atoms with Crippen molar-refractivity contribution in [3.8, 4) is 0 Å². The van der Waals surface area contributed by atoms with Gasteiger partial charge in [0.15, 0.2) is 0 Å². The average molecular weight is 439 g/mol. The lowest BCUT2D eigenvalue weighted by molar-refractivity contribution is -0.161. The van der Waals surface area contributed by atoms with Crippen LogP contribution in [0.25, 0.3) is 11.0 Å². The molecule has 32 heavy (non-hydrogen) atoms. The lowest BCUT2D eigenvalue weighted by atomic mass is 9.48. The van der Waals surface area contributed by atoms with Crippen LogP contribution in [0.1, 0.15) is 44.6 Å². The highest BCUT2D eigenvalue weighted by molar-refractivity contribution is 5.81. The summed E-state index contributed by atoms with van der Waals surface area (Å²) in [6.07, 6.45) is 4.78. The molecule has 1 aromatic heterocycles. The topological polar surface area (TPSA) is 99.6 Å². The van der Waals surface area contributed by atoms with Crippen LogP contribution in [0.3, 0.4) is 0 Å². The van der Waals surface area contributed by atoms with E-state index < -0.39 is 0 Å². The number of imidazole rings is 1. The molecular weight excluding hydrogens is 408 g/mol. The molecule has 8 nitrogen and oxygen atoms in total. The maximum absolute atomic E-state index is 13.1. The number of fused-ring (bicyclic) bond motifs is 1. The molecule has 0 radical (unpaired) electrons. The zero-order chi connectivity index (χ0) is 22.2. The number of hydrogen-bond donors (Lipinski definition) is 1. The molecule has 5 unspecified atom stereocenters. The number of nitrogens with two attached hydrogens (primary N) is 1. The van der Waals surface area contributed by atoms with E-state index in [0.717, 1.165) is 49.6 Å².